The van der Waals surface area contributed by atoms with Crippen LogP contribution in [-0.2, 0) is 0 Å². The lowest BCUT2D eigenvalue weighted by molar-refractivity contribution is 0.199. The number of rotatable bonds is 4. The Labute approximate surface area is 124 Å². The second-order valence-corrected chi connectivity index (χ2v) is 4.90. The van der Waals surface area contributed by atoms with E-state index in [1.54, 1.807) is 37.5 Å². The van der Waals surface area contributed by atoms with Crippen molar-refractivity contribution >= 4 is 11.7 Å². The number of aliphatic hydroxyl groups excluding tert-OH is 1. The zero-order valence-corrected chi connectivity index (χ0v) is 12.1. The predicted molar refractivity (Wildman–Crippen MR) is 81.9 cm³/mol. The summed E-state index contributed by atoms with van der Waals surface area (Å²) in [6, 6.07) is 10.5. The highest BCUT2D eigenvalue weighted by Crippen LogP contribution is 2.17. The fraction of sp³-hybridized carbons (Fsp3) is 0.250. The van der Waals surface area contributed by atoms with Crippen LogP contribution in [0.5, 0.6) is 0 Å². The Balaban J connectivity index is 1.97. The van der Waals surface area contributed by atoms with E-state index in [0.29, 0.717) is 5.69 Å². The molecule has 0 aliphatic rings. The molecule has 0 bridgehead atoms. The Hall–Kier alpha value is -2.40. The van der Waals surface area contributed by atoms with Crippen molar-refractivity contribution in [2.24, 2.45) is 0 Å². The summed E-state index contributed by atoms with van der Waals surface area (Å²) in [4.78, 5) is 15.9. The minimum atomic E-state index is -0.564. The zero-order chi connectivity index (χ0) is 15.2. The molecule has 0 radical (unpaired) electrons. The fourth-order valence-corrected chi connectivity index (χ4v) is 1.98. The molecular weight excluding hydrogens is 266 g/mol. The Kier molecular flexibility index (Phi) is 4.90. The molecule has 2 aromatic rings. The highest BCUT2D eigenvalue weighted by molar-refractivity contribution is 5.89. The van der Waals surface area contributed by atoms with Crippen LogP contribution in [0.1, 0.15) is 37.1 Å². The standard InChI is InChI=1S/C16H19N3O2/c1-11(13-6-8-17-9-7-13)18-16(21)19-15-5-3-4-14(10-15)12(2)20/h3-12,20H,1-2H3,(H2,18,19,21). The summed E-state index contributed by atoms with van der Waals surface area (Å²) in [6.07, 6.45) is 2.82. The van der Waals surface area contributed by atoms with Gasteiger partial charge in [-0.25, -0.2) is 4.79 Å². The fourth-order valence-electron chi connectivity index (χ4n) is 1.98. The van der Waals surface area contributed by atoms with Gasteiger partial charge in [0, 0.05) is 18.1 Å². The van der Waals surface area contributed by atoms with E-state index in [2.05, 4.69) is 15.6 Å². The smallest absolute Gasteiger partial charge is 0.319 e. The number of urea groups is 1. The van der Waals surface area contributed by atoms with Crippen LogP contribution in [0, 0.1) is 0 Å². The number of hydrogen-bond donors (Lipinski definition) is 3. The molecule has 3 N–H and O–H groups in total. The van der Waals surface area contributed by atoms with Gasteiger partial charge in [0.1, 0.15) is 0 Å². The second-order valence-electron chi connectivity index (χ2n) is 4.90. The quantitative estimate of drug-likeness (QED) is 0.808. The summed E-state index contributed by atoms with van der Waals surface area (Å²) in [6.45, 7) is 3.59. The van der Waals surface area contributed by atoms with Crippen LogP contribution in [-0.4, -0.2) is 16.1 Å². The third kappa shape index (κ3) is 4.29. The molecule has 0 aliphatic carbocycles. The van der Waals surface area contributed by atoms with Crippen molar-refractivity contribution in [3.8, 4) is 0 Å². The molecular formula is C16H19N3O2. The summed E-state index contributed by atoms with van der Waals surface area (Å²) in [5.74, 6) is 0. The number of nitrogens with zero attached hydrogens (tertiary/aromatic N) is 1. The molecule has 110 valence electrons. The molecule has 2 atom stereocenters. The number of amides is 2. The molecule has 2 rings (SSSR count). The topological polar surface area (TPSA) is 74.2 Å². The van der Waals surface area contributed by atoms with E-state index in [4.69, 9.17) is 0 Å². The van der Waals surface area contributed by atoms with E-state index in [1.165, 1.54) is 0 Å². The van der Waals surface area contributed by atoms with Crippen molar-refractivity contribution in [2.75, 3.05) is 5.32 Å². The largest absolute Gasteiger partial charge is 0.389 e. The van der Waals surface area contributed by atoms with Gasteiger partial charge in [0.05, 0.1) is 12.1 Å². The number of carbonyl (C=O) groups is 1. The van der Waals surface area contributed by atoms with Crippen molar-refractivity contribution in [3.63, 3.8) is 0 Å². The summed E-state index contributed by atoms with van der Waals surface area (Å²) < 4.78 is 0. The van der Waals surface area contributed by atoms with E-state index in [-0.39, 0.29) is 12.1 Å². The average Bonchev–Trinajstić information content (AvgIpc) is 2.48. The van der Waals surface area contributed by atoms with Crippen LogP contribution in [0.25, 0.3) is 0 Å². The summed E-state index contributed by atoms with van der Waals surface area (Å²) >= 11 is 0. The van der Waals surface area contributed by atoms with Crippen molar-refractivity contribution < 1.29 is 9.90 Å². The van der Waals surface area contributed by atoms with E-state index in [1.807, 2.05) is 25.1 Å². The summed E-state index contributed by atoms with van der Waals surface area (Å²) in [7, 11) is 0. The lowest BCUT2D eigenvalue weighted by Crippen LogP contribution is -2.31. The first-order chi connectivity index (χ1) is 10.1. The molecule has 5 nitrogen and oxygen atoms in total. The number of aromatic nitrogens is 1. The lowest BCUT2D eigenvalue weighted by Gasteiger charge is -2.15. The van der Waals surface area contributed by atoms with Gasteiger partial charge in [-0.15, -0.1) is 0 Å². The van der Waals surface area contributed by atoms with Gasteiger partial charge in [0.15, 0.2) is 0 Å². The Bertz CT molecular complexity index is 599. The lowest BCUT2D eigenvalue weighted by atomic mass is 10.1. The van der Waals surface area contributed by atoms with Crippen molar-refractivity contribution in [1.29, 1.82) is 0 Å². The Morgan fingerprint density at radius 2 is 1.86 bits per heavy atom. The van der Waals surface area contributed by atoms with Gasteiger partial charge in [-0.05, 0) is 49.2 Å². The minimum Gasteiger partial charge on any atom is -0.389 e. The first kappa shape index (κ1) is 15.0. The van der Waals surface area contributed by atoms with Gasteiger partial charge in [0.2, 0.25) is 0 Å². The van der Waals surface area contributed by atoms with Gasteiger partial charge >= 0.3 is 6.03 Å². The number of carbonyl (C=O) groups excluding carboxylic acids is 1. The highest BCUT2D eigenvalue weighted by Gasteiger charge is 2.10. The summed E-state index contributed by atoms with van der Waals surface area (Å²) in [5.41, 5.74) is 2.39. The van der Waals surface area contributed by atoms with Crippen LogP contribution in [0.15, 0.2) is 48.8 Å². The first-order valence-electron chi connectivity index (χ1n) is 6.81. The maximum atomic E-state index is 12.0. The van der Waals surface area contributed by atoms with Crippen LogP contribution in [0.2, 0.25) is 0 Å². The van der Waals surface area contributed by atoms with E-state index in [9.17, 15) is 9.90 Å². The molecule has 21 heavy (non-hydrogen) atoms. The van der Waals surface area contributed by atoms with Crippen molar-refractivity contribution in [2.45, 2.75) is 26.0 Å². The van der Waals surface area contributed by atoms with Crippen molar-refractivity contribution in [1.82, 2.24) is 10.3 Å². The van der Waals surface area contributed by atoms with Crippen LogP contribution in [0.4, 0.5) is 10.5 Å². The maximum absolute atomic E-state index is 12.0. The van der Waals surface area contributed by atoms with Crippen LogP contribution >= 0.6 is 0 Å². The average molecular weight is 285 g/mol. The molecule has 5 heteroatoms. The molecule has 0 fully saturated rings. The number of aliphatic hydroxyl groups is 1. The Morgan fingerprint density at radius 3 is 2.52 bits per heavy atom. The molecule has 0 saturated carbocycles. The molecule has 1 heterocycles. The van der Waals surface area contributed by atoms with Crippen molar-refractivity contribution in [3.05, 3.63) is 59.9 Å². The van der Waals surface area contributed by atoms with Crippen LogP contribution < -0.4 is 10.6 Å². The number of hydrogen-bond acceptors (Lipinski definition) is 3. The highest BCUT2D eigenvalue weighted by atomic mass is 16.3. The zero-order valence-electron chi connectivity index (χ0n) is 12.1. The van der Waals surface area contributed by atoms with E-state index in [0.717, 1.165) is 11.1 Å². The first-order valence-corrected chi connectivity index (χ1v) is 6.81. The van der Waals surface area contributed by atoms with E-state index >= 15 is 0 Å². The third-order valence-electron chi connectivity index (χ3n) is 3.18. The summed E-state index contributed by atoms with van der Waals surface area (Å²) in [5, 5.41) is 15.2. The number of nitrogens with one attached hydrogen (secondary N) is 2. The van der Waals surface area contributed by atoms with E-state index < -0.39 is 6.10 Å². The SMILES string of the molecule is CC(O)c1cccc(NC(=O)NC(C)c2ccncc2)c1. The molecule has 2 amide bonds. The monoisotopic (exact) mass is 285 g/mol. The number of pyridine rings is 1. The van der Waals surface area contributed by atoms with Gasteiger partial charge in [0.25, 0.3) is 0 Å². The third-order valence-corrected chi connectivity index (χ3v) is 3.18. The molecule has 1 aromatic carbocycles. The number of benzene rings is 1. The Morgan fingerprint density at radius 1 is 1.14 bits per heavy atom. The molecule has 1 aromatic heterocycles. The van der Waals surface area contributed by atoms with Gasteiger partial charge in [-0.2, -0.15) is 0 Å². The second kappa shape index (κ2) is 6.85. The molecule has 0 aliphatic heterocycles. The maximum Gasteiger partial charge on any atom is 0.319 e. The molecule has 0 spiro atoms. The number of anilines is 1. The molecule has 0 saturated heterocycles. The molecule has 2 unspecified atom stereocenters. The van der Waals surface area contributed by atoms with Gasteiger partial charge in [-0.1, -0.05) is 12.1 Å². The van der Waals surface area contributed by atoms with Gasteiger partial charge in [-0.3, -0.25) is 4.98 Å². The minimum absolute atomic E-state index is 0.118. The predicted octanol–water partition coefficient (Wildman–Crippen LogP) is 3.02. The van der Waals surface area contributed by atoms with Crippen LogP contribution in [0.3, 0.4) is 0 Å². The van der Waals surface area contributed by atoms with Gasteiger partial charge < -0.3 is 15.7 Å². The normalized spacial score (nSPS) is 13.3.